The SMILES string of the molecule is C=CC(C)=N/C(=C\N(C)C)c1cccc([N-]c2ccc(C(C)(C)C)cc2)c1C.[K+]. The Balaban J connectivity index is 0.00000420. The Labute approximate surface area is 219 Å². The van der Waals surface area contributed by atoms with Crippen LogP contribution in [0.4, 0.5) is 11.4 Å². The van der Waals surface area contributed by atoms with Crippen LogP contribution in [-0.4, -0.2) is 24.7 Å². The molecule has 29 heavy (non-hydrogen) atoms. The van der Waals surface area contributed by atoms with Gasteiger partial charge in [-0.2, -0.15) is 0 Å². The van der Waals surface area contributed by atoms with Gasteiger partial charge in [0, 0.05) is 31.6 Å². The Morgan fingerprint density at radius 3 is 2.21 bits per heavy atom. The molecular weight excluding hydrogens is 381 g/mol. The number of benzene rings is 2. The maximum Gasteiger partial charge on any atom is 1.00 e. The molecule has 0 aliphatic rings. The van der Waals surface area contributed by atoms with Crippen molar-refractivity contribution in [2.75, 3.05) is 14.1 Å². The van der Waals surface area contributed by atoms with Crippen molar-refractivity contribution < 1.29 is 51.4 Å². The van der Waals surface area contributed by atoms with E-state index in [2.05, 4.69) is 64.6 Å². The quantitative estimate of drug-likeness (QED) is 0.517. The zero-order chi connectivity index (χ0) is 20.9. The fourth-order valence-electron chi connectivity index (χ4n) is 2.84. The maximum absolute atomic E-state index is 4.88. The van der Waals surface area contributed by atoms with E-state index in [0.29, 0.717) is 0 Å². The van der Waals surface area contributed by atoms with E-state index in [9.17, 15) is 0 Å². The molecule has 0 saturated carbocycles. The minimum atomic E-state index is 0. The average molecular weight is 414 g/mol. The molecule has 0 amide bonds. The van der Waals surface area contributed by atoms with Crippen molar-refractivity contribution in [1.82, 2.24) is 4.90 Å². The average Bonchev–Trinajstić information content (AvgIpc) is 2.62. The summed E-state index contributed by atoms with van der Waals surface area (Å²) in [5.41, 5.74) is 7.32. The maximum atomic E-state index is 4.88. The van der Waals surface area contributed by atoms with Crippen molar-refractivity contribution in [2.45, 2.75) is 40.0 Å². The van der Waals surface area contributed by atoms with Crippen molar-refractivity contribution in [2.24, 2.45) is 4.99 Å². The Bertz CT molecular complexity index is 885. The second-order valence-corrected chi connectivity index (χ2v) is 8.29. The summed E-state index contributed by atoms with van der Waals surface area (Å²) in [6.07, 6.45) is 3.79. The molecule has 2 aromatic carbocycles. The first-order valence-corrected chi connectivity index (χ1v) is 9.60. The zero-order valence-corrected chi connectivity index (χ0v) is 22.4. The molecule has 0 N–H and O–H groups in total. The van der Waals surface area contributed by atoms with Gasteiger partial charge in [0.1, 0.15) is 0 Å². The van der Waals surface area contributed by atoms with Crippen molar-refractivity contribution in [1.29, 1.82) is 0 Å². The van der Waals surface area contributed by atoms with Crippen LogP contribution in [0.1, 0.15) is 44.4 Å². The van der Waals surface area contributed by atoms with E-state index in [4.69, 9.17) is 10.3 Å². The number of rotatable bonds is 6. The molecule has 3 nitrogen and oxygen atoms in total. The van der Waals surface area contributed by atoms with Crippen LogP contribution in [0.3, 0.4) is 0 Å². The van der Waals surface area contributed by atoms with Gasteiger partial charge in [0.05, 0.1) is 5.70 Å². The van der Waals surface area contributed by atoms with E-state index < -0.39 is 0 Å². The van der Waals surface area contributed by atoms with Crippen LogP contribution < -0.4 is 51.4 Å². The van der Waals surface area contributed by atoms with Crippen LogP contribution in [0.15, 0.2) is 66.3 Å². The normalized spacial score (nSPS) is 12.2. The molecule has 2 rings (SSSR count). The van der Waals surface area contributed by atoms with Gasteiger partial charge in [-0.25, -0.2) is 0 Å². The molecule has 0 heterocycles. The van der Waals surface area contributed by atoms with Gasteiger partial charge in [0.2, 0.25) is 0 Å². The molecule has 0 aliphatic heterocycles. The Morgan fingerprint density at radius 1 is 1.07 bits per heavy atom. The zero-order valence-electron chi connectivity index (χ0n) is 19.2. The predicted molar refractivity (Wildman–Crippen MR) is 124 cm³/mol. The van der Waals surface area contributed by atoms with Crippen molar-refractivity contribution in [3.8, 4) is 0 Å². The fourth-order valence-corrected chi connectivity index (χ4v) is 2.84. The monoisotopic (exact) mass is 413 g/mol. The topological polar surface area (TPSA) is 29.7 Å². The predicted octanol–water partition coefficient (Wildman–Crippen LogP) is 4.14. The van der Waals surface area contributed by atoms with Crippen LogP contribution in [-0.2, 0) is 5.41 Å². The smallest absolute Gasteiger partial charge is 0.658 e. The van der Waals surface area contributed by atoms with Crippen molar-refractivity contribution in [3.63, 3.8) is 0 Å². The van der Waals surface area contributed by atoms with E-state index in [-0.39, 0.29) is 56.8 Å². The minimum absolute atomic E-state index is 0. The van der Waals surface area contributed by atoms with E-state index in [1.165, 1.54) is 5.56 Å². The number of hydrogen-bond donors (Lipinski definition) is 0. The van der Waals surface area contributed by atoms with Gasteiger partial charge in [0.25, 0.3) is 0 Å². The van der Waals surface area contributed by atoms with Crippen LogP contribution in [0, 0.1) is 6.92 Å². The standard InChI is InChI=1S/C25H32N3.K/c1-9-18(2)26-24(17-28(7)8)22-11-10-12-23(19(22)3)27-21-15-13-20(14-16-21)25(4,5)6;/h9-17H,1H2,2-8H3;/q-1;+1/b24-17-,26-18?;. The third kappa shape index (κ3) is 7.54. The molecule has 0 bridgehead atoms. The molecule has 148 valence electrons. The fraction of sp³-hybridized carbons (Fsp3) is 0.320. The molecular formula is C25H32KN3. The molecule has 0 fully saturated rings. The molecule has 0 radical (unpaired) electrons. The van der Waals surface area contributed by atoms with E-state index in [1.54, 1.807) is 6.08 Å². The number of aliphatic imine (C=N–C) groups is 1. The number of allylic oxidation sites excluding steroid dienone is 1. The van der Waals surface area contributed by atoms with Crippen molar-refractivity contribution >= 4 is 22.8 Å². The van der Waals surface area contributed by atoms with Gasteiger partial charge in [-0.15, -0.1) is 11.4 Å². The van der Waals surface area contributed by atoms with Crippen molar-refractivity contribution in [3.05, 3.63) is 83.3 Å². The molecule has 0 saturated heterocycles. The van der Waals surface area contributed by atoms with Gasteiger partial charge in [-0.05, 0) is 30.9 Å². The first-order valence-electron chi connectivity index (χ1n) is 9.60. The summed E-state index contributed by atoms with van der Waals surface area (Å²) in [5.74, 6) is 0. The molecule has 0 aliphatic carbocycles. The number of hydrogen-bond acceptors (Lipinski definition) is 2. The molecule has 0 spiro atoms. The first-order chi connectivity index (χ1) is 13.1. The second kappa shape index (κ2) is 11.3. The van der Waals surface area contributed by atoms with E-state index >= 15 is 0 Å². The van der Waals surface area contributed by atoms with E-state index in [0.717, 1.165) is 33.9 Å². The van der Waals surface area contributed by atoms with Gasteiger partial charge in [-0.1, -0.05) is 75.4 Å². The summed E-state index contributed by atoms with van der Waals surface area (Å²) in [7, 11) is 4.00. The molecule has 0 unspecified atom stereocenters. The summed E-state index contributed by atoms with van der Waals surface area (Å²) in [5, 5.41) is 4.88. The van der Waals surface area contributed by atoms with Crippen LogP contribution in [0.2, 0.25) is 0 Å². The molecule has 0 atom stereocenters. The summed E-state index contributed by atoms with van der Waals surface area (Å²) in [6.45, 7) is 14.5. The summed E-state index contributed by atoms with van der Waals surface area (Å²) >= 11 is 0. The summed E-state index contributed by atoms with van der Waals surface area (Å²) in [4.78, 5) is 6.73. The van der Waals surface area contributed by atoms with E-state index in [1.807, 2.05) is 44.3 Å². The third-order valence-electron chi connectivity index (χ3n) is 4.54. The van der Waals surface area contributed by atoms with Gasteiger partial charge in [-0.3, -0.25) is 4.99 Å². The van der Waals surface area contributed by atoms with Gasteiger partial charge >= 0.3 is 51.4 Å². The third-order valence-corrected chi connectivity index (χ3v) is 4.54. The molecule has 2 aromatic rings. The Kier molecular flexibility index (Phi) is 10.1. The Hall–Kier alpha value is -1.17. The largest absolute Gasteiger partial charge is 1.00 e. The molecule has 4 heteroatoms. The summed E-state index contributed by atoms with van der Waals surface area (Å²) in [6, 6.07) is 14.7. The van der Waals surface area contributed by atoms with Crippen LogP contribution >= 0.6 is 0 Å². The van der Waals surface area contributed by atoms with Crippen LogP contribution in [0.5, 0.6) is 0 Å². The van der Waals surface area contributed by atoms with Gasteiger partial charge in [0.15, 0.2) is 0 Å². The molecule has 0 aromatic heterocycles. The number of nitrogens with zero attached hydrogens (tertiary/aromatic N) is 3. The first kappa shape index (κ1) is 25.9. The minimum Gasteiger partial charge on any atom is -0.658 e. The van der Waals surface area contributed by atoms with Crippen LogP contribution in [0.25, 0.3) is 11.0 Å². The Morgan fingerprint density at radius 2 is 1.69 bits per heavy atom. The summed E-state index contributed by atoms with van der Waals surface area (Å²) < 4.78 is 0. The van der Waals surface area contributed by atoms with Gasteiger partial charge < -0.3 is 10.2 Å². The second-order valence-electron chi connectivity index (χ2n) is 8.29.